The molecule has 0 atom stereocenters. The fourth-order valence-electron chi connectivity index (χ4n) is 0.871. The summed E-state index contributed by atoms with van der Waals surface area (Å²) in [5, 5.41) is 0. The van der Waals surface area contributed by atoms with Gasteiger partial charge < -0.3 is 0 Å². The molecule has 52 valence electrons. The lowest BCUT2D eigenvalue weighted by molar-refractivity contribution is 1.47. The molecule has 0 fully saturated rings. The second-order valence-corrected chi connectivity index (χ2v) is 2.26. The van der Waals surface area contributed by atoms with Gasteiger partial charge in [-0.15, -0.1) is 6.42 Å². The SMILES string of the molecule is [C-]#[N+]c1ccc(C#C)cc1C. The van der Waals surface area contributed by atoms with Gasteiger partial charge in [0.1, 0.15) is 0 Å². The zero-order valence-electron chi connectivity index (χ0n) is 6.26. The summed E-state index contributed by atoms with van der Waals surface area (Å²) in [6.45, 7) is 8.67. The second kappa shape index (κ2) is 2.90. The summed E-state index contributed by atoms with van der Waals surface area (Å²) in [6.07, 6.45) is 5.18. The van der Waals surface area contributed by atoms with Crippen LogP contribution in [0.5, 0.6) is 0 Å². The Labute approximate surface area is 66.5 Å². The van der Waals surface area contributed by atoms with Gasteiger partial charge in [0.05, 0.1) is 6.57 Å². The summed E-state index contributed by atoms with van der Waals surface area (Å²) in [4.78, 5) is 3.33. The molecular weight excluding hydrogens is 134 g/mol. The predicted molar refractivity (Wildman–Crippen MR) is 45.4 cm³/mol. The summed E-state index contributed by atoms with van der Waals surface area (Å²) in [7, 11) is 0. The smallest absolute Gasteiger partial charge is 0.190 e. The normalized spacial score (nSPS) is 8.27. The third kappa shape index (κ3) is 1.39. The molecule has 1 nitrogen and oxygen atoms in total. The Morgan fingerprint density at radius 2 is 2.27 bits per heavy atom. The molecule has 11 heavy (non-hydrogen) atoms. The first-order chi connectivity index (χ1) is 5.27. The van der Waals surface area contributed by atoms with Crippen molar-refractivity contribution in [2.45, 2.75) is 6.92 Å². The van der Waals surface area contributed by atoms with Gasteiger partial charge in [0.2, 0.25) is 0 Å². The van der Waals surface area contributed by atoms with Gasteiger partial charge in [-0.1, -0.05) is 24.1 Å². The Hall–Kier alpha value is -1.73. The number of hydrogen-bond acceptors (Lipinski definition) is 0. The maximum atomic E-state index is 6.79. The Balaban J connectivity index is 3.25. The lowest BCUT2D eigenvalue weighted by Crippen LogP contribution is -1.76. The van der Waals surface area contributed by atoms with Gasteiger partial charge >= 0.3 is 0 Å². The van der Waals surface area contributed by atoms with Crippen LogP contribution < -0.4 is 0 Å². The van der Waals surface area contributed by atoms with Gasteiger partial charge in [-0.3, -0.25) is 0 Å². The van der Waals surface area contributed by atoms with Crippen molar-refractivity contribution in [3.8, 4) is 12.3 Å². The minimum Gasteiger partial charge on any atom is -0.238 e. The van der Waals surface area contributed by atoms with Crippen molar-refractivity contribution in [1.82, 2.24) is 0 Å². The summed E-state index contributed by atoms with van der Waals surface area (Å²) in [5.41, 5.74) is 2.44. The van der Waals surface area contributed by atoms with Crippen molar-refractivity contribution < 1.29 is 0 Å². The van der Waals surface area contributed by atoms with Gasteiger partial charge in [0.25, 0.3) is 0 Å². The molecule has 0 amide bonds. The summed E-state index contributed by atoms with van der Waals surface area (Å²) in [5.74, 6) is 2.52. The lowest BCUT2D eigenvalue weighted by atomic mass is 10.1. The van der Waals surface area contributed by atoms with Crippen LogP contribution >= 0.6 is 0 Å². The standard InChI is InChI=1S/C10H7N/c1-4-9-5-6-10(11-3)8(2)7-9/h1,5-7H,2H3. The van der Waals surface area contributed by atoms with Gasteiger partial charge in [0.15, 0.2) is 5.69 Å². The molecule has 0 aliphatic rings. The molecule has 0 saturated carbocycles. The average molecular weight is 141 g/mol. The Kier molecular flexibility index (Phi) is 1.95. The van der Waals surface area contributed by atoms with Crippen LogP contribution in [0.25, 0.3) is 4.85 Å². The van der Waals surface area contributed by atoms with Crippen LogP contribution in [0.15, 0.2) is 18.2 Å². The number of benzene rings is 1. The fourth-order valence-corrected chi connectivity index (χ4v) is 0.871. The highest BCUT2D eigenvalue weighted by Gasteiger charge is 1.95. The number of terminal acetylenes is 1. The highest BCUT2D eigenvalue weighted by atomic mass is 14.6. The van der Waals surface area contributed by atoms with E-state index in [0.717, 1.165) is 11.1 Å². The van der Waals surface area contributed by atoms with Crippen LogP contribution in [0.4, 0.5) is 5.69 Å². The minimum atomic E-state index is 0.670. The third-order valence-electron chi connectivity index (χ3n) is 1.48. The van der Waals surface area contributed by atoms with E-state index in [-0.39, 0.29) is 0 Å². The largest absolute Gasteiger partial charge is 0.238 e. The highest BCUT2D eigenvalue weighted by molar-refractivity contribution is 5.55. The van der Waals surface area contributed by atoms with E-state index in [0.29, 0.717) is 5.69 Å². The van der Waals surface area contributed by atoms with E-state index in [2.05, 4.69) is 10.8 Å². The van der Waals surface area contributed by atoms with E-state index < -0.39 is 0 Å². The zero-order chi connectivity index (χ0) is 8.27. The molecule has 0 radical (unpaired) electrons. The van der Waals surface area contributed by atoms with Crippen molar-refractivity contribution in [1.29, 1.82) is 0 Å². The van der Waals surface area contributed by atoms with Crippen molar-refractivity contribution in [2.75, 3.05) is 0 Å². The molecule has 0 unspecified atom stereocenters. The molecule has 0 spiro atoms. The first-order valence-electron chi connectivity index (χ1n) is 3.22. The molecule has 1 rings (SSSR count). The molecule has 1 aromatic carbocycles. The summed E-state index contributed by atoms with van der Waals surface area (Å²) >= 11 is 0. The molecule has 1 heteroatoms. The molecule has 1 aromatic rings. The quantitative estimate of drug-likeness (QED) is 0.386. The monoisotopic (exact) mass is 141 g/mol. The van der Waals surface area contributed by atoms with Crippen LogP contribution in [0, 0.1) is 25.8 Å². The van der Waals surface area contributed by atoms with Crippen LogP contribution in [0.1, 0.15) is 11.1 Å². The van der Waals surface area contributed by atoms with E-state index >= 15 is 0 Å². The average Bonchev–Trinajstić information content (AvgIpc) is 2.04. The van der Waals surface area contributed by atoms with E-state index in [1.165, 1.54) is 0 Å². The number of hydrogen-bond donors (Lipinski definition) is 0. The minimum absolute atomic E-state index is 0.670. The summed E-state index contributed by atoms with van der Waals surface area (Å²) in [6, 6.07) is 5.37. The molecule has 0 N–H and O–H groups in total. The maximum Gasteiger partial charge on any atom is 0.190 e. The van der Waals surface area contributed by atoms with Gasteiger partial charge in [-0.2, -0.15) is 0 Å². The van der Waals surface area contributed by atoms with Crippen molar-refractivity contribution in [3.05, 3.63) is 40.7 Å². The molecule has 0 aromatic heterocycles. The van der Waals surface area contributed by atoms with Gasteiger partial charge in [-0.25, -0.2) is 4.85 Å². The first-order valence-corrected chi connectivity index (χ1v) is 3.22. The van der Waals surface area contributed by atoms with Crippen molar-refractivity contribution in [2.24, 2.45) is 0 Å². The molecule has 0 heterocycles. The predicted octanol–water partition coefficient (Wildman–Crippen LogP) is 2.53. The fraction of sp³-hybridized carbons (Fsp3) is 0.100. The molecular formula is C10H7N. The topological polar surface area (TPSA) is 4.36 Å². The second-order valence-electron chi connectivity index (χ2n) is 2.26. The molecule has 0 aliphatic heterocycles. The third-order valence-corrected chi connectivity index (χ3v) is 1.48. The Morgan fingerprint density at radius 1 is 1.55 bits per heavy atom. The highest BCUT2D eigenvalue weighted by Crippen LogP contribution is 2.18. The lowest BCUT2D eigenvalue weighted by Gasteiger charge is -1.96. The number of rotatable bonds is 0. The molecule has 0 bridgehead atoms. The Morgan fingerprint density at radius 3 is 2.73 bits per heavy atom. The molecule has 0 aliphatic carbocycles. The zero-order valence-corrected chi connectivity index (χ0v) is 6.26. The van der Waals surface area contributed by atoms with Crippen LogP contribution in [-0.2, 0) is 0 Å². The van der Waals surface area contributed by atoms with Gasteiger partial charge in [0, 0.05) is 5.56 Å². The molecule has 0 saturated heterocycles. The summed E-state index contributed by atoms with van der Waals surface area (Å²) < 4.78 is 0. The van der Waals surface area contributed by atoms with Crippen molar-refractivity contribution in [3.63, 3.8) is 0 Å². The number of nitrogens with zero attached hydrogens (tertiary/aromatic N) is 1. The number of aryl methyl sites for hydroxylation is 1. The van der Waals surface area contributed by atoms with E-state index in [1.807, 2.05) is 13.0 Å². The maximum absolute atomic E-state index is 6.79. The van der Waals surface area contributed by atoms with E-state index in [9.17, 15) is 0 Å². The van der Waals surface area contributed by atoms with E-state index in [1.54, 1.807) is 12.1 Å². The van der Waals surface area contributed by atoms with E-state index in [4.69, 9.17) is 13.0 Å². The van der Waals surface area contributed by atoms with Gasteiger partial charge in [-0.05, 0) is 12.5 Å². The van der Waals surface area contributed by atoms with Crippen LogP contribution in [0.2, 0.25) is 0 Å². The first kappa shape index (κ1) is 7.38. The van der Waals surface area contributed by atoms with Crippen LogP contribution in [-0.4, -0.2) is 0 Å². The van der Waals surface area contributed by atoms with Crippen molar-refractivity contribution >= 4 is 5.69 Å². The van der Waals surface area contributed by atoms with Crippen LogP contribution in [0.3, 0.4) is 0 Å². The Bertz CT molecular complexity index is 350.